The van der Waals surface area contributed by atoms with Crippen LogP contribution in [-0.2, 0) is 65.4 Å². The molecule has 0 heterocycles. The highest BCUT2D eigenvalue weighted by molar-refractivity contribution is 7.47. The number of esters is 4. The monoisotopic (exact) mass is 1420 g/mol. The van der Waals surface area contributed by atoms with E-state index < -0.39 is 97.5 Å². The Morgan fingerprint density at radius 2 is 0.557 bits per heavy atom. The molecule has 0 aromatic heterocycles. The van der Waals surface area contributed by atoms with E-state index in [2.05, 4.69) is 58.9 Å². The smallest absolute Gasteiger partial charge is 0.462 e. The van der Waals surface area contributed by atoms with Gasteiger partial charge in [-0.2, -0.15) is 0 Å². The number of unbranched alkanes of at least 4 members (excludes halogenated alkanes) is 45. The molecular formula is C78H148O17P2. The van der Waals surface area contributed by atoms with E-state index in [0.717, 1.165) is 115 Å². The number of phosphoric ester groups is 2. The minimum absolute atomic E-state index is 0.102. The molecule has 0 amide bonds. The molecule has 0 aromatic rings. The zero-order valence-electron chi connectivity index (χ0n) is 62.7. The molecule has 0 aliphatic rings. The molecule has 0 radical (unpaired) electrons. The van der Waals surface area contributed by atoms with Crippen molar-refractivity contribution in [1.29, 1.82) is 0 Å². The molecule has 17 nitrogen and oxygen atoms in total. The molecule has 3 N–H and O–H groups in total. The third kappa shape index (κ3) is 71.7. The summed E-state index contributed by atoms with van der Waals surface area (Å²) < 4.78 is 68.6. The number of hydrogen-bond donors (Lipinski definition) is 3. The van der Waals surface area contributed by atoms with Gasteiger partial charge in [0.2, 0.25) is 0 Å². The number of ether oxygens (including phenoxy) is 4. The zero-order chi connectivity index (χ0) is 71.2. The van der Waals surface area contributed by atoms with E-state index in [4.69, 9.17) is 37.0 Å². The number of rotatable bonds is 76. The van der Waals surface area contributed by atoms with Gasteiger partial charge in [-0.15, -0.1) is 0 Å². The van der Waals surface area contributed by atoms with Crippen LogP contribution in [-0.4, -0.2) is 96.7 Å². The fraction of sp³-hybridized carbons (Fsp3) is 0.897. The van der Waals surface area contributed by atoms with Gasteiger partial charge < -0.3 is 33.8 Å². The summed E-state index contributed by atoms with van der Waals surface area (Å²) in [6, 6.07) is 0. The van der Waals surface area contributed by atoms with Crippen molar-refractivity contribution >= 4 is 39.5 Å². The molecule has 97 heavy (non-hydrogen) atoms. The Hall–Kier alpha value is -2.46. The van der Waals surface area contributed by atoms with Crippen LogP contribution in [0.1, 0.15) is 388 Å². The first-order valence-electron chi connectivity index (χ1n) is 40.0. The molecular weight excluding hydrogens is 1270 g/mol. The van der Waals surface area contributed by atoms with E-state index in [1.165, 1.54) is 193 Å². The molecule has 0 spiro atoms. The lowest BCUT2D eigenvalue weighted by Crippen LogP contribution is -2.30. The van der Waals surface area contributed by atoms with Gasteiger partial charge in [-0.05, 0) is 57.3 Å². The molecule has 0 aromatic carbocycles. The third-order valence-corrected chi connectivity index (χ3v) is 19.6. The summed E-state index contributed by atoms with van der Waals surface area (Å²) in [6.45, 7) is 7.21. The van der Waals surface area contributed by atoms with Crippen molar-refractivity contribution in [3.63, 3.8) is 0 Å². The van der Waals surface area contributed by atoms with E-state index in [-0.39, 0.29) is 25.7 Å². The van der Waals surface area contributed by atoms with Crippen LogP contribution in [0.25, 0.3) is 0 Å². The summed E-state index contributed by atoms with van der Waals surface area (Å²) in [4.78, 5) is 72.9. The van der Waals surface area contributed by atoms with Crippen LogP contribution in [0.4, 0.5) is 0 Å². The first-order chi connectivity index (χ1) is 47.0. The highest BCUT2D eigenvalue weighted by Gasteiger charge is 2.30. The van der Waals surface area contributed by atoms with Gasteiger partial charge in [0.05, 0.1) is 26.4 Å². The van der Waals surface area contributed by atoms with Gasteiger partial charge in [0.15, 0.2) is 12.2 Å². The Balaban J connectivity index is 5.29. The van der Waals surface area contributed by atoms with Crippen LogP contribution in [0.2, 0.25) is 0 Å². The highest BCUT2D eigenvalue weighted by Crippen LogP contribution is 2.45. The summed E-state index contributed by atoms with van der Waals surface area (Å²) in [6.07, 6.45) is 63.1. The van der Waals surface area contributed by atoms with Crippen molar-refractivity contribution in [2.45, 2.75) is 406 Å². The standard InChI is InChI=1S/C78H148O17P2/c1-6-9-12-15-18-21-24-27-30-33-36-39-42-49-54-59-64-77(82)94-73(67-88-75(80)61-56-51-46-40-37-34-31-28-25-22-19-16-13-10-7-2)69-92-96(84,85)90-65-72(79)66-91-97(86,87)93-70-74(68-89-76(81)62-57-52-47-44-43-45-50-55-60-71(4)5)95-78(83)63-58-53-48-41-38-35-32-29-26-23-20-17-14-11-8-3/h22,25,28,31,71-74,79H,6-21,23-24,26-27,29-30,32-70H2,1-5H3,(H,84,85)(H,86,87)/b25-22-,31-28-/t72-,73-,74-/m1/s1. The SMILES string of the molecule is CCCCCC/C=C\C=C/CCCCCCCC(=O)OC[C@H](COP(=O)(O)OC[C@@H](O)COP(=O)(O)OC[C@@H](COC(=O)CCCCCCCCCCC(C)C)OC(=O)CCCCCCCCCCCCCCCCC)OC(=O)CCCCCCCCCCCCCCCCCC. The van der Waals surface area contributed by atoms with Crippen molar-refractivity contribution in [3.05, 3.63) is 24.3 Å². The summed E-state index contributed by atoms with van der Waals surface area (Å²) in [7, 11) is -9.93. The normalized spacial score (nSPS) is 14.1. The Morgan fingerprint density at radius 1 is 0.320 bits per heavy atom. The Bertz CT molecular complexity index is 1950. The van der Waals surface area contributed by atoms with Gasteiger partial charge in [0, 0.05) is 25.7 Å². The predicted octanol–water partition coefficient (Wildman–Crippen LogP) is 22.8. The lowest BCUT2D eigenvalue weighted by Gasteiger charge is -2.21. The van der Waals surface area contributed by atoms with Crippen LogP contribution < -0.4 is 0 Å². The number of aliphatic hydroxyl groups is 1. The Morgan fingerprint density at radius 3 is 0.845 bits per heavy atom. The minimum atomic E-state index is -4.97. The second kappa shape index (κ2) is 70.6. The van der Waals surface area contributed by atoms with Gasteiger partial charge in [0.25, 0.3) is 0 Å². The molecule has 0 aliphatic heterocycles. The Kier molecular flexibility index (Phi) is 68.8. The topological polar surface area (TPSA) is 237 Å². The second-order valence-corrected chi connectivity index (χ2v) is 30.8. The van der Waals surface area contributed by atoms with Crippen molar-refractivity contribution in [2.24, 2.45) is 5.92 Å². The van der Waals surface area contributed by atoms with Gasteiger partial charge in [-0.25, -0.2) is 9.13 Å². The number of phosphoric acid groups is 2. The molecule has 0 saturated heterocycles. The maximum atomic E-state index is 13.1. The summed E-state index contributed by atoms with van der Waals surface area (Å²) in [5, 5.41) is 10.6. The van der Waals surface area contributed by atoms with Crippen LogP contribution in [0, 0.1) is 5.92 Å². The summed E-state index contributed by atoms with van der Waals surface area (Å²) in [5.74, 6) is -1.42. The van der Waals surface area contributed by atoms with Crippen LogP contribution in [0.15, 0.2) is 24.3 Å². The van der Waals surface area contributed by atoms with Crippen molar-refractivity contribution < 1.29 is 80.2 Å². The molecule has 5 atom stereocenters. The van der Waals surface area contributed by atoms with Gasteiger partial charge in [-0.3, -0.25) is 37.3 Å². The first-order valence-corrected chi connectivity index (χ1v) is 42.9. The van der Waals surface area contributed by atoms with E-state index in [9.17, 15) is 43.2 Å². The van der Waals surface area contributed by atoms with E-state index in [1.54, 1.807) is 0 Å². The van der Waals surface area contributed by atoms with Crippen LogP contribution >= 0.6 is 15.6 Å². The fourth-order valence-corrected chi connectivity index (χ4v) is 13.1. The van der Waals surface area contributed by atoms with Crippen LogP contribution in [0.3, 0.4) is 0 Å². The second-order valence-electron chi connectivity index (χ2n) is 27.9. The number of aliphatic hydroxyl groups excluding tert-OH is 1. The molecule has 2 unspecified atom stereocenters. The first kappa shape index (κ1) is 94.5. The molecule has 0 bridgehead atoms. The predicted molar refractivity (Wildman–Crippen MR) is 395 cm³/mol. The van der Waals surface area contributed by atoms with E-state index in [1.807, 2.05) is 0 Å². The lowest BCUT2D eigenvalue weighted by molar-refractivity contribution is -0.161. The van der Waals surface area contributed by atoms with Crippen molar-refractivity contribution in [2.75, 3.05) is 39.6 Å². The average Bonchev–Trinajstić information content (AvgIpc) is 1.46. The molecule has 19 heteroatoms. The number of hydrogen-bond acceptors (Lipinski definition) is 15. The van der Waals surface area contributed by atoms with Crippen molar-refractivity contribution in [3.8, 4) is 0 Å². The maximum Gasteiger partial charge on any atom is 0.472 e. The number of carbonyl (C=O) groups excluding carboxylic acids is 4. The van der Waals surface area contributed by atoms with Crippen molar-refractivity contribution in [1.82, 2.24) is 0 Å². The maximum absolute atomic E-state index is 13.1. The number of allylic oxidation sites excluding steroid dienone is 4. The molecule has 0 saturated carbocycles. The van der Waals surface area contributed by atoms with Gasteiger partial charge >= 0.3 is 39.5 Å². The zero-order valence-corrected chi connectivity index (χ0v) is 64.5. The summed E-state index contributed by atoms with van der Waals surface area (Å²) >= 11 is 0. The molecule has 0 fully saturated rings. The van der Waals surface area contributed by atoms with E-state index in [0.29, 0.717) is 25.7 Å². The number of carbonyl (C=O) groups is 4. The lowest BCUT2D eigenvalue weighted by atomic mass is 10.0. The van der Waals surface area contributed by atoms with Gasteiger partial charge in [-0.1, -0.05) is 335 Å². The van der Waals surface area contributed by atoms with Gasteiger partial charge in [0.1, 0.15) is 19.3 Å². The Labute approximate surface area is 592 Å². The highest BCUT2D eigenvalue weighted by atomic mass is 31.2. The van der Waals surface area contributed by atoms with E-state index >= 15 is 0 Å². The quantitative estimate of drug-likeness (QED) is 0.0169. The molecule has 0 rings (SSSR count). The average molecular weight is 1420 g/mol. The van der Waals surface area contributed by atoms with Crippen LogP contribution in [0.5, 0.6) is 0 Å². The largest absolute Gasteiger partial charge is 0.472 e. The fourth-order valence-electron chi connectivity index (χ4n) is 11.5. The minimum Gasteiger partial charge on any atom is -0.462 e. The summed E-state index contributed by atoms with van der Waals surface area (Å²) in [5.41, 5.74) is 0. The molecule has 0 aliphatic carbocycles. The molecule has 572 valence electrons. The third-order valence-electron chi connectivity index (χ3n) is 17.7.